The Balaban J connectivity index is 2.01. The fraction of sp³-hybridized carbons (Fsp3) is 0.0625. The maximum absolute atomic E-state index is 12.7. The molecule has 5 heteroatoms. The summed E-state index contributed by atoms with van der Waals surface area (Å²) in [5.74, 6) is -0.415. The molecular weight excluding hydrogens is 273 g/mol. The van der Waals surface area contributed by atoms with Crippen molar-refractivity contribution < 1.29 is 19.0 Å². The highest BCUT2D eigenvalue weighted by molar-refractivity contribution is 6.02. The quantitative estimate of drug-likeness (QED) is 0.849. The third kappa shape index (κ3) is 4.07. The molecule has 2 rings (SSSR count). The van der Waals surface area contributed by atoms with Crippen LogP contribution in [0.3, 0.4) is 0 Å². The molecule has 2 N–H and O–H groups in total. The molecule has 1 amide bonds. The number of rotatable bonds is 4. The Morgan fingerprint density at radius 1 is 1.24 bits per heavy atom. The van der Waals surface area contributed by atoms with E-state index in [1.165, 1.54) is 31.4 Å². The standard InChI is InChI=1S/C16H14FNO3/c1-21-15-8-7-13(10-14(15)19)18-16(20)9-4-11-2-5-12(17)6-3-11/h2-10,19H,1H3,(H,18,20)/b9-4+. The maximum atomic E-state index is 12.7. The van der Waals surface area contributed by atoms with Crippen molar-refractivity contribution in [3.8, 4) is 11.5 Å². The number of nitrogens with one attached hydrogen (secondary N) is 1. The van der Waals surface area contributed by atoms with Gasteiger partial charge in [-0.25, -0.2) is 4.39 Å². The Morgan fingerprint density at radius 2 is 1.95 bits per heavy atom. The van der Waals surface area contributed by atoms with Crippen LogP contribution in [-0.4, -0.2) is 18.1 Å². The zero-order chi connectivity index (χ0) is 15.2. The van der Waals surface area contributed by atoms with Gasteiger partial charge in [0.2, 0.25) is 5.91 Å². The van der Waals surface area contributed by atoms with E-state index in [1.54, 1.807) is 30.3 Å². The van der Waals surface area contributed by atoms with Gasteiger partial charge in [-0.05, 0) is 35.9 Å². The van der Waals surface area contributed by atoms with Crippen LogP contribution in [0.4, 0.5) is 10.1 Å². The molecule has 0 heterocycles. The van der Waals surface area contributed by atoms with Crippen molar-refractivity contribution in [1.82, 2.24) is 0 Å². The van der Waals surface area contributed by atoms with Crippen LogP contribution in [-0.2, 0) is 4.79 Å². The van der Waals surface area contributed by atoms with Crippen molar-refractivity contribution in [2.24, 2.45) is 0 Å². The minimum absolute atomic E-state index is 0.0576. The highest BCUT2D eigenvalue weighted by atomic mass is 19.1. The van der Waals surface area contributed by atoms with E-state index in [2.05, 4.69) is 5.32 Å². The minimum atomic E-state index is -0.358. The third-order valence-electron chi connectivity index (χ3n) is 2.74. The van der Waals surface area contributed by atoms with E-state index in [-0.39, 0.29) is 17.5 Å². The van der Waals surface area contributed by atoms with Gasteiger partial charge in [0.25, 0.3) is 0 Å². The average Bonchev–Trinajstić information content (AvgIpc) is 2.47. The first kappa shape index (κ1) is 14.6. The van der Waals surface area contributed by atoms with Crippen molar-refractivity contribution in [3.63, 3.8) is 0 Å². The smallest absolute Gasteiger partial charge is 0.248 e. The fourth-order valence-electron chi connectivity index (χ4n) is 1.70. The lowest BCUT2D eigenvalue weighted by Crippen LogP contribution is -2.07. The Kier molecular flexibility index (Phi) is 4.56. The Bertz CT molecular complexity index is 666. The predicted octanol–water partition coefficient (Wildman–Crippen LogP) is 3.19. The zero-order valence-electron chi connectivity index (χ0n) is 11.3. The van der Waals surface area contributed by atoms with Gasteiger partial charge in [-0.3, -0.25) is 4.79 Å². The van der Waals surface area contributed by atoms with Crippen molar-refractivity contribution in [1.29, 1.82) is 0 Å². The van der Waals surface area contributed by atoms with Gasteiger partial charge >= 0.3 is 0 Å². The van der Waals surface area contributed by atoms with Crippen LogP contribution in [0.15, 0.2) is 48.5 Å². The van der Waals surface area contributed by atoms with E-state index in [4.69, 9.17) is 4.74 Å². The van der Waals surface area contributed by atoms with E-state index in [0.717, 1.165) is 0 Å². The van der Waals surface area contributed by atoms with Gasteiger partial charge in [0.1, 0.15) is 5.82 Å². The van der Waals surface area contributed by atoms with Crippen LogP contribution in [0.2, 0.25) is 0 Å². The Morgan fingerprint density at radius 3 is 2.57 bits per heavy atom. The molecule has 4 nitrogen and oxygen atoms in total. The number of amides is 1. The maximum Gasteiger partial charge on any atom is 0.248 e. The second kappa shape index (κ2) is 6.56. The van der Waals surface area contributed by atoms with Crippen molar-refractivity contribution in [3.05, 3.63) is 59.9 Å². The number of methoxy groups -OCH3 is 1. The SMILES string of the molecule is COc1ccc(NC(=O)/C=C/c2ccc(F)cc2)cc1O. The molecule has 0 aliphatic heterocycles. The summed E-state index contributed by atoms with van der Waals surface area (Å²) >= 11 is 0. The minimum Gasteiger partial charge on any atom is -0.504 e. The number of phenols is 1. The number of ether oxygens (including phenoxy) is 1. The first-order valence-corrected chi connectivity index (χ1v) is 6.20. The first-order chi connectivity index (χ1) is 10.1. The summed E-state index contributed by atoms with van der Waals surface area (Å²) in [5, 5.41) is 12.2. The van der Waals surface area contributed by atoms with Crippen LogP contribution in [0.5, 0.6) is 11.5 Å². The number of carbonyl (C=O) groups is 1. The number of hydrogen-bond acceptors (Lipinski definition) is 3. The molecule has 0 aliphatic carbocycles. The summed E-state index contributed by atoms with van der Waals surface area (Å²) in [5.41, 5.74) is 1.16. The molecule has 0 bridgehead atoms. The number of carbonyl (C=O) groups excluding carboxylic acids is 1. The van der Waals surface area contributed by atoms with Crippen LogP contribution >= 0.6 is 0 Å². The average molecular weight is 287 g/mol. The number of phenolic OH excluding ortho intramolecular Hbond substituents is 1. The lowest BCUT2D eigenvalue weighted by Gasteiger charge is -2.06. The number of hydrogen-bond donors (Lipinski definition) is 2. The second-order valence-electron chi connectivity index (χ2n) is 4.26. The molecule has 0 saturated heterocycles. The van der Waals surface area contributed by atoms with Gasteiger partial charge < -0.3 is 15.2 Å². The largest absolute Gasteiger partial charge is 0.504 e. The van der Waals surface area contributed by atoms with Crippen molar-refractivity contribution >= 4 is 17.7 Å². The fourth-order valence-corrected chi connectivity index (χ4v) is 1.70. The zero-order valence-corrected chi connectivity index (χ0v) is 11.3. The van der Waals surface area contributed by atoms with Gasteiger partial charge in [-0.1, -0.05) is 12.1 Å². The lowest BCUT2D eigenvalue weighted by molar-refractivity contribution is -0.111. The number of halogens is 1. The summed E-state index contributed by atoms with van der Waals surface area (Å²) in [6, 6.07) is 10.3. The van der Waals surface area contributed by atoms with Gasteiger partial charge in [0, 0.05) is 17.8 Å². The van der Waals surface area contributed by atoms with Crippen LogP contribution < -0.4 is 10.1 Å². The van der Waals surface area contributed by atoms with Crippen LogP contribution in [0, 0.1) is 5.82 Å². The summed E-state index contributed by atoms with van der Waals surface area (Å²) < 4.78 is 17.6. The van der Waals surface area contributed by atoms with Gasteiger partial charge in [0.15, 0.2) is 11.5 Å². The molecule has 0 atom stereocenters. The van der Waals surface area contributed by atoms with E-state index in [9.17, 15) is 14.3 Å². The topological polar surface area (TPSA) is 58.6 Å². The molecule has 2 aromatic rings. The van der Waals surface area contributed by atoms with E-state index < -0.39 is 0 Å². The molecule has 0 spiro atoms. The Hall–Kier alpha value is -2.82. The third-order valence-corrected chi connectivity index (χ3v) is 2.74. The molecule has 0 radical (unpaired) electrons. The highest BCUT2D eigenvalue weighted by Crippen LogP contribution is 2.28. The molecule has 0 saturated carbocycles. The van der Waals surface area contributed by atoms with E-state index >= 15 is 0 Å². The monoisotopic (exact) mass is 287 g/mol. The predicted molar refractivity (Wildman–Crippen MR) is 78.7 cm³/mol. The van der Waals surface area contributed by atoms with Crippen LogP contribution in [0.25, 0.3) is 6.08 Å². The van der Waals surface area contributed by atoms with E-state index in [0.29, 0.717) is 17.0 Å². The molecule has 0 aromatic heterocycles. The summed E-state index contributed by atoms with van der Waals surface area (Å²) in [4.78, 5) is 11.7. The molecule has 0 fully saturated rings. The molecule has 21 heavy (non-hydrogen) atoms. The van der Waals surface area contributed by atoms with Crippen LogP contribution in [0.1, 0.15) is 5.56 Å². The summed E-state index contributed by atoms with van der Waals surface area (Å²) in [6.45, 7) is 0. The van der Waals surface area contributed by atoms with Crippen molar-refractivity contribution in [2.75, 3.05) is 12.4 Å². The molecular formula is C16H14FNO3. The van der Waals surface area contributed by atoms with Gasteiger partial charge in [-0.15, -0.1) is 0 Å². The normalized spacial score (nSPS) is 10.6. The van der Waals surface area contributed by atoms with Crippen molar-refractivity contribution in [2.45, 2.75) is 0 Å². The number of aromatic hydroxyl groups is 1. The molecule has 108 valence electrons. The first-order valence-electron chi connectivity index (χ1n) is 6.20. The van der Waals surface area contributed by atoms with Gasteiger partial charge in [-0.2, -0.15) is 0 Å². The number of anilines is 1. The van der Waals surface area contributed by atoms with Gasteiger partial charge in [0.05, 0.1) is 7.11 Å². The highest BCUT2D eigenvalue weighted by Gasteiger charge is 2.04. The van der Waals surface area contributed by atoms with E-state index in [1.807, 2.05) is 0 Å². The molecule has 0 unspecified atom stereocenters. The second-order valence-corrected chi connectivity index (χ2v) is 4.26. The summed E-state index contributed by atoms with van der Waals surface area (Å²) in [6.07, 6.45) is 2.90. The lowest BCUT2D eigenvalue weighted by atomic mass is 10.2. The Labute approximate surface area is 121 Å². The molecule has 0 aliphatic rings. The summed E-state index contributed by atoms with van der Waals surface area (Å²) in [7, 11) is 1.44. The molecule has 2 aromatic carbocycles. The number of benzene rings is 2.